The molecule has 0 bridgehead atoms. The van der Waals surface area contributed by atoms with E-state index in [9.17, 15) is 0 Å². The molecule has 21 heavy (non-hydrogen) atoms. The average molecular weight is 340 g/mol. The first-order valence-electron chi connectivity index (χ1n) is 7.52. The lowest BCUT2D eigenvalue weighted by Gasteiger charge is -2.19. The number of quaternary nitrogens is 1. The van der Waals surface area contributed by atoms with E-state index in [2.05, 4.69) is 45.0 Å². The van der Waals surface area contributed by atoms with Crippen LogP contribution in [0.15, 0.2) is 39.7 Å². The highest BCUT2D eigenvalue weighted by atomic mass is 35.5. The molecule has 4 heteroatoms. The van der Waals surface area contributed by atoms with Crippen molar-refractivity contribution in [2.24, 2.45) is 0 Å². The summed E-state index contributed by atoms with van der Waals surface area (Å²) >= 11 is 3.56. The Morgan fingerprint density at radius 1 is 1.05 bits per heavy atom. The van der Waals surface area contributed by atoms with Crippen LogP contribution in [0.25, 0.3) is 5.57 Å². The van der Waals surface area contributed by atoms with Crippen molar-refractivity contribution < 1.29 is 17.7 Å². The molecule has 0 atom stereocenters. The van der Waals surface area contributed by atoms with Gasteiger partial charge in [-0.05, 0) is 82.1 Å². The molecule has 114 valence electrons. The zero-order chi connectivity index (χ0) is 13.6. The molecule has 0 unspecified atom stereocenters. The molecule has 0 amide bonds. The maximum Gasteiger partial charge on any atom is 0.0953 e. The summed E-state index contributed by atoms with van der Waals surface area (Å²) in [5.41, 5.74) is 4.13. The Labute approximate surface area is 141 Å². The molecule has 2 heterocycles. The Bertz CT molecular complexity index is 489. The number of halogens is 1. The normalized spacial score (nSPS) is 15.4. The van der Waals surface area contributed by atoms with E-state index in [-0.39, 0.29) is 12.4 Å². The van der Waals surface area contributed by atoms with Gasteiger partial charge in [0.25, 0.3) is 0 Å². The highest BCUT2D eigenvalue weighted by molar-refractivity contribution is 7.08. The van der Waals surface area contributed by atoms with E-state index < -0.39 is 0 Å². The second-order valence-electron chi connectivity index (χ2n) is 5.51. The van der Waals surface area contributed by atoms with Crippen molar-refractivity contribution in [2.75, 3.05) is 6.54 Å². The van der Waals surface area contributed by atoms with Crippen molar-refractivity contribution in [2.45, 2.75) is 38.1 Å². The average Bonchev–Trinajstić information content (AvgIpc) is 3.18. The fourth-order valence-corrected chi connectivity index (χ4v) is 4.30. The fraction of sp³-hybridized carbons (Fsp3) is 0.412. The second-order valence-corrected chi connectivity index (χ2v) is 7.07. The van der Waals surface area contributed by atoms with Crippen molar-refractivity contribution >= 4 is 28.2 Å². The van der Waals surface area contributed by atoms with Crippen LogP contribution >= 0.6 is 22.7 Å². The molecule has 2 aromatic rings. The largest absolute Gasteiger partial charge is 1.00 e. The van der Waals surface area contributed by atoms with E-state index in [1.807, 2.05) is 0 Å². The van der Waals surface area contributed by atoms with Gasteiger partial charge in [0.05, 0.1) is 12.6 Å². The van der Waals surface area contributed by atoms with E-state index in [1.165, 1.54) is 48.8 Å². The highest BCUT2D eigenvalue weighted by Gasteiger charge is 2.15. The highest BCUT2D eigenvalue weighted by Crippen LogP contribution is 2.26. The van der Waals surface area contributed by atoms with E-state index in [4.69, 9.17) is 0 Å². The van der Waals surface area contributed by atoms with Crippen LogP contribution in [0.3, 0.4) is 0 Å². The lowest BCUT2D eigenvalue weighted by Crippen LogP contribution is -3.00. The van der Waals surface area contributed by atoms with Crippen LogP contribution in [0, 0.1) is 0 Å². The van der Waals surface area contributed by atoms with Crippen molar-refractivity contribution in [1.82, 2.24) is 0 Å². The van der Waals surface area contributed by atoms with Gasteiger partial charge in [0.1, 0.15) is 0 Å². The first kappa shape index (κ1) is 16.8. The summed E-state index contributed by atoms with van der Waals surface area (Å²) in [7, 11) is 0. The zero-order valence-corrected chi connectivity index (χ0v) is 14.5. The fourth-order valence-electron chi connectivity index (χ4n) is 2.99. The number of nitrogens with two attached hydrogens (primary N) is 1. The first-order valence-corrected chi connectivity index (χ1v) is 9.40. The molecule has 3 rings (SSSR count). The Morgan fingerprint density at radius 2 is 1.67 bits per heavy atom. The molecule has 1 aliphatic rings. The van der Waals surface area contributed by atoms with Crippen LogP contribution < -0.4 is 17.7 Å². The molecule has 0 aliphatic heterocycles. The first-order chi connectivity index (χ1) is 9.93. The van der Waals surface area contributed by atoms with Crippen LogP contribution in [-0.2, 0) is 0 Å². The summed E-state index contributed by atoms with van der Waals surface area (Å²) in [4.78, 5) is 0. The van der Waals surface area contributed by atoms with E-state index >= 15 is 0 Å². The van der Waals surface area contributed by atoms with Gasteiger partial charge in [-0.1, -0.05) is 6.42 Å². The maximum atomic E-state index is 2.54. The van der Waals surface area contributed by atoms with Gasteiger partial charge in [-0.25, -0.2) is 0 Å². The Kier molecular flexibility index (Phi) is 6.97. The Morgan fingerprint density at radius 3 is 2.19 bits per heavy atom. The van der Waals surface area contributed by atoms with Crippen molar-refractivity contribution in [1.29, 1.82) is 0 Å². The van der Waals surface area contributed by atoms with Crippen LogP contribution in [-0.4, -0.2) is 12.6 Å². The van der Waals surface area contributed by atoms with E-state index in [1.54, 1.807) is 22.7 Å². The third kappa shape index (κ3) is 4.68. The monoisotopic (exact) mass is 339 g/mol. The predicted octanol–water partition coefficient (Wildman–Crippen LogP) is 1.14. The number of hydrogen-bond donors (Lipinski definition) is 1. The molecule has 1 fully saturated rings. The molecule has 0 radical (unpaired) electrons. The van der Waals surface area contributed by atoms with Crippen LogP contribution in [0.4, 0.5) is 0 Å². The summed E-state index contributed by atoms with van der Waals surface area (Å²) in [5, 5.41) is 11.4. The van der Waals surface area contributed by atoms with Gasteiger partial charge < -0.3 is 17.7 Å². The van der Waals surface area contributed by atoms with Crippen LogP contribution in [0.5, 0.6) is 0 Å². The standard InChI is InChI=1S/C17H21NS2.ClH/c1-2-4-16(5-3-1)18-9-6-17(14-7-10-19-12-14)15-8-11-20-13-15;/h6-8,10-13,16,18H,1-5,9H2;1H. The molecular weight excluding hydrogens is 318 g/mol. The summed E-state index contributed by atoms with van der Waals surface area (Å²) in [6, 6.07) is 5.31. The van der Waals surface area contributed by atoms with Gasteiger partial charge in [0, 0.05) is 0 Å². The molecule has 0 saturated heterocycles. The maximum absolute atomic E-state index is 2.54. The Balaban J connectivity index is 0.00000161. The third-order valence-corrected chi connectivity index (χ3v) is 5.47. The summed E-state index contributed by atoms with van der Waals surface area (Å²) in [5.74, 6) is 0. The topological polar surface area (TPSA) is 16.6 Å². The third-order valence-electron chi connectivity index (χ3n) is 4.11. The summed E-state index contributed by atoms with van der Waals surface area (Å²) in [6.45, 7) is 1.10. The molecule has 1 saturated carbocycles. The Hall–Kier alpha value is -0.610. The summed E-state index contributed by atoms with van der Waals surface area (Å²) < 4.78 is 0. The van der Waals surface area contributed by atoms with Gasteiger partial charge in [0.15, 0.2) is 0 Å². The number of thiophene rings is 2. The quantitative estimate of drug-likeness (QED) is 0.841. The summed E-state index contributed by atoms with van der Waals surface area (Å²) in [6.07, 6.45) is 9.51. The van der Waals surface area contributed by atoms with Gasteiger partial charge in [-0.3, -0.25) is 0 Å². The van der Waals surface area contributed by atoms with Crippen LogP contribution in [0.1, 0.15) is 43.2 Å². The molecule has 0 spiro atoms. The number of rotatable bonds is 5. The molecular formula is C17H22ClNS2. The number of hydrogen-bond acceptors (Lipinski definition) is 2. The molecule has 0 aromatic carbocycles. The van der Waals surface area contributed by atoms with Gasteiger partial charge in [-0.2, -0.15) is 22.7 Å². The minimum Gasteiger partial charge on any atom is -1.00 e. The molecule has 2 aromatic heterocycles. The van der Waals surface area contributed by atoms with Crippen molar-refractivity contribution in [3.05, 3.63) is 50.9 Å². The second kappa shape index (κ2) is 8.74. The minimum absolute atomic E-state index is 0. The lowest BCUT2D eigenvalue weighted by atomic mass is 9.95. The molecule has 1 nitrogen and oxygen atoms in total. The zero-order valence-electron chi connectivity index (χ0n) is 12.1. The lowest BCUT2D eigenvalue weighted by molar-refractivity contribution is -0.683. The predicted molar refractivity (Wildman–Crippen MR) is 89.4 cm³/mol. The van der Waals surface area contributed by atoms with Crippen molar-refractivity contribution in [3.63, 3.8) is 0 Å². The van der Waals surface area contributed by atoms with Crippen LogP contribution in [0.2, 0.25) is 0 Å². The van der Waals surface area contributed by atoms with Gasteiger partial charge in [0.2, 0.25) is 0 Å². The molecule has 2 N–H and O–H groups in total. The van der Waals surface area contributed by atoms with Gasteiger partial charge in [-0.15, -0.1) is 0 Å². The van der Waals surface area contributed by atoms with E-state index in [0.717, 1.165) is 12.6 Å². The van der Waals surface area contributed by atoms with Gasteiger partial charge >= 0.3 is 0 Å². The molecule has 1 aliphatic carbocycles. The van der Waals surface area contributed by atoms with Crippen molar-refractivity contribution in [3.8, 4) is 0 Å². The minimum atomic E-state index is 0. The van der Waals surface area contributed by atoms with E-state index in [0.29, 0.717) is 0 Å². The smallest absolute Gasteiger partial charge is 0.0953 e. The SMILES string of the molecule is C(C[NH2+]C1CCCCC1)=C(c1ccsc1)c1ccsc1.[Cl-].